The van der Waals surface area contributed by atoms with Crippen molar-refractivity contribution in [3.63, 3.8) is 0 Å². The normalized spacial score (nSPS) is 10.2. The minimum atomic E-state index is -0.696. The van der Waals surface area contributed by atoms with Gasteiger partial charge in [0, 0.05) is 26.4 Å². The number of carbonyl (C=O) groups is 2. The number of hydrogen-bond acceptors (Lipinski definition) is 5. The largest absolute Gasteiger partial charge is 0.469 e. The average molecular weight is 284 g/mol. The fourth-order valence-corrected chi connectivity index (χ4v) is 1.56. The van der Waals surface area contributed by atoms with E-state index in [0.717, 1.165) is 6.20 Å². The van der Waals surface area contributed by atoms with Gasteiger partial charge in [-0.15, -0.1) is 0 Å². The summed E-state index contributed by atoms with van der Waals surface area (Å²) < 4.78 is 23.0. The molecule has 110 valence electrons. The van der Waals surface area contributed by atoms with Crippen LogP contribution in [0.3, 0.4) is 0 Å². The van der Waals surface area contributed by atoms with E-state index in [9.17, 15) is 14.0 Å². The molecule has 0 radical (unpaired) electrons. The second-order valence-corrected chi connectivity index (χ2v) is 3.97. The third kappa shape index (κ3) is 4.58. The first kappa shape index (κ1) is 16.0. The molecule has 20 heavy (non-hydrogen) atoms. The molecule has 0 aliphatic rings. The first-order valence-electron chi connectivity index (χ1n) is 6.04. The predicted octanol–water partition coefficient (Wildman–Crippen LogP) is 0.872. The highest BCUT2D eigenvalue weighted by molar-refractivity contribution is 5.94. The fourth-order valence-electron chi connectivity index (χ4n) is 1.56. The van der Waals surface area contributed by atoms with Crippen LogP contribution in [0.2, 0.25) is 0 Å². The van der Waals surface area contributed by atoms with E-state index >= 15 is 0 Å². The molecule has 0 aliphatic heterocycles. The molecule has 0 bridgehead atoms. The second kappa shape index (κ2) is 8.21. The summed E-state index contributed by atoms with van der Waals surface area (Å²) in [5.74, 6) is -1.64. The number of ether oxygens (including phenoxy) is 2. The molecule has 0 saturated heterocycles. The maximum Gasteiger partial charge on any atom is 0.307 e. The van der Waals surface area contributed by atoms with Crippen molar-refractivity contribution in [1.82, 2.24) is 9.88 Å². The molecule has 7 heteroatoms. The number of halogens is 1. The van der Waals surface area contributed by atoms with E-state index in [1.807, 2.05) is 0 Å². The molecule has 1 aromatic heterocycles. The maximum absolute atomic E-state index is 13.6. The monoisotopic (exact) mass is 284 g/mol. The molecule has 0 unspecified atom stereocenters. The molecule has 0 N–H and O–H groups in total. The molecule has 0 aromatic carbocycles. The van der Waals surface area contributed by atoms with Crippen molar-refractivity contribution in [2.45, 2.75) is 6.42 Å². The molecule has 6 nitrogen and oxygen atoms in total. The number of methoxy groups -OCH3 is 2. The van der Waals surface area contributed by atoms with Gasteiger partial charge in [-0.05, 0) is 6.07 Å². The Kier molecular flexibility index (Phi) is 6.58. The number of pyridine rings is 1. The smallest absolute Gasteiger partial charge is 0.307 e. The predicted molar refractivity (Wildman–Crippen MR) is 68.6 cm³/mol. The molecule has 0 aliphatic carbocycles. The van der Waals surface area contributed by atoms with Gasteiger partial charge in [-0.25, -0.2) is 4.39 Å². The van der Waals surface area contributed by atoms with E-state index in [4.69, 9.17) is 4.74 Å². The highest BCUT2D eigenvalue weighted by Gasteiger charge is 2.19. The number of aromatic nitrogens is 1. The lowest BCUT2D eigenvalue weighted by Crippen LogP contribution is -2.36. The van der Waals surface area contributed by atoms with E-state index < -0.39 is 17.7 Å². The van der Waals surface area contributed by atoms with Crippen molar-refractivity contribution in [3.05, 3.63) is 29.8 Å². The average Bonchev–Trinajstić information content (AvgIpc) is 2.47. The Bertz CT molecular complexity index is 467. The Morgan fingerprint density at radius 3 is 2.70 bits per heavy atom. The number of esters is 1. The molecule has 1 amide bonds. The summed E-state index contributed by atoms with van der Waals surface area (Å²) in [6.45, 7) is 0.685. The summed E-state index contributed by atoms with van der Waals surface area (Å²) in [6, 6.07) is 1.30. The molecule has 0 spiro atoms. The summed E-state index contributed by atoms with van der Waals surface area (Å²) in [5, 5.41) is 0. The van der Waals surface area contributed by atoms with Crippen LogP contribution in [0.1, 0.15) is 16.8 Å². The zero-order valence-corrected chi connectivity index (χ0v) is 11.5. The van der Waals surface area contributed by atoms with Crippen molar-refractivity contribution < 1.29 is 23.5 Å². The van der Waals surface area contributed by atoms with Crippen LogP contribution in [0.25, 0.3) is 0 Å². The molecule has 1 heterocycles. The van der Waals surface area contributed by atoms with E-state index in [-0.39, 0.29) is 25.1 Å². The fraction of sp³-hybridized carbons (Fsp3) is 0.462. The van der Waals surface area contributed by atoms with Crippen molar-refractivity contribution >= 4 is 11.9 Å². The Balaban J connectivity index is 2.78. The SMILES string of the molecule is COCCN(CCC(=O)OC)C(=O)c1ccncc1F. The summed E-state index contributed by atoms with van der Waals surface area (Å²) >= 11 is 0. The third-order valence-corrected chi connectivity index (χ3v) is 2.67. The Hall–Kier alpha value is -2.02. The van der Waals surface area contributed by atoms with Gasteiger partial charge in [-0.3, -0.25) is 14.6 Å². The zero-order chi connectivity index (χ0) is 15.0. The number of nitrogens with zero attached hydrogens (tertiary/aromatic N) is 2. The Morgan fingerprint density at radius 2 is 2.10 bits per heavy atom. The van der Waals surface area contributed by atoms with Gasteiger partial charge in [-0.1, -0.05) is 0 Å². The van der Waals surface area contributed by atoms with Gasteiger partial charge < -0.3 is 14.4 Å². The molecular weight excluding hydrogens is 267 g/mol. The van der Waals surface area contributed by atoms with Crippen LogP contribution in [-0.4, -0.2) is 55.7 Å². The summed E-state index contributed by atoms with van der Waals surface area (Å²) in [7, 11) is 2.77. The van der Waals surface area contributed by atoms with Crippen molar-refractivity contribution in [2.75, 3.05) is 33.9 Å². The minimum absolute atomic E-state index is 0.0403. The van der Waals surface area contributed by atoms with Gasteiger partial charge in [0.25, 0.3) is 5.91 Å². The van der Waals surface area contributed by atoms with Crippen molar-refractivity contribution in [2.24, 2.45) is 0 Å². The summed E-state index contributed by atoms with van der Waals surface area (Å²) in [6.07, 6.45) is 2.35. The third-order valence-electron chi connectivity index (χ3n) is 2.67. The van der Waals surface area contributed by atoms with E-state index in [2.05, 4.69) is 9.72 Å². The number of amides is 1. The van der Waals surface area contributed by atoms with E-state index in [0.29, 0.717) is 6.61 Å². The standard InChI is InChI=1S/C13H17FN2O4/c1-19-8-7-16(6-4-12(17)20-2)13(18)10-3-5-15-9-11(10)14/h3,5,9H,4,6-8H2,1-2H3. The zero-order valence-electron chi connectivity index (χ0n) is 11.5. The van der Waals surface area contributed by atoms with E-state index in [1.54, 1.807) is 0 Å². The molecule has 1 aromatic rings. The van der Waals surface area contributed by atoms with Gasteiger partial charge >= 0.3 is 5.97 Å². The maximum atomic E-state index is 13.6. The van der Waals surface area contributed by atoms with Gasteiger partial charge in [0.15, 0.2) is 5.82 Å². The quantitative estimate of drug-likeness (QED) is 0.695. The number of carbonyl (C=O) groups excluding carboxylic acids is 2. The topological polar surface area (TPSA) is 68.7 Å². The van der Waals surface area contributed by atoms with Crippen molar-refractivity contribution in [1.29, 1.82) is 0 Å². The van der Waals surface area contributed by atoms with Crippen LogP contribution in [-0.2, 0) is 14.3 Å². The van der Waals surface area contributed by atoms with Gasteiger partial charge in [-0.2, -0.15) is 0 Å². The molecule has 1 rings (SSSR count). The van der Waals surface area contributed by atoms with Gasteiger partial charge in [0.2, 0.25) is 0 Å². The first-order chi connectivity index (χ1) is 9.60. The van der Waals surface area contributed by atoms with Crippen LogP contribution in [0.5, 0.6) is 0 Å². The van der Waals surface area contributed by atoms with Gasteiger partial charge in [0.05, 0.1) is 31.9 Å². The van der Waals surface area contributed by atoms with Gasteiger partial charge in [0.1, 0.15) is 0 Å². The molecule has 0 saturated carbocycles. The lowest BCUT2D eigenvalue weighted by molar-refractivity contribution is -0.140. The van der Waals surface area contributed by atoms with Crippen LogP contribution in [0, 0.1) is 5.82 Å². The van der Waals surface area contributed by atoms with Crippen LogP contribution in [0.4, 0.5) is 4.39 Å². The lowest BCUT2D eigenvalue weighted by Gasteiger charge is -2.22. The Labute approximate surface area is 116 Å². The summed E-state index contributed by atoms with van der Waals surface area (Å²) in [5.41, 5.74) is -0.0824. The second-order valence-electron chi connectivity index (χ2n) is 3.97. The van der Waals surface area contributed by atoms with Crippen LogP contribution < -0.4 is 0 Å². The first-order valence-corrected chi connectivity index (χ1v) is 6.04. The Morgan fingerprint density at radius 1 is 1.35 bits per heavy atom. The minimum Gasteiger partial charge on any atom is -0.469 e. The molecule has 0 atom stereocenters. The molecule has 0 fully saturated rings. The van der Waals surface area contributed by atoms with Crippen molar-refractivity contribution in [3.8, 4) is 0 Å². The van der Waals surface area contributed by atoms with Crippen LogP contribution in [0.15, 0.2) is 18.5 Å². The van der Waals surface area contributed by atoms with Crippen LogP contribution >= 0.6 is 0 Å². The lowest BCUT2D eigenvalue weighted by atomic mass is 10.2. The number of hydrogen-bond donors (Lipinski definition) is 0. The van der Waals surface area contributed by atoms with E-state index in [1.165, 1.54) is 31.4 Å². The highest BCUT2D eigenvalue weighted by atomic mass is 19.1. The molecular formula is C13H17FN2O4. The highest BCUT2D eigenvalue weighted by Crippen LogP contribution is 2.09. The number of rotatable bonds is 7. The summed E-state index contributed by atoms with van der Waals surface area (Å²) in [4.78, 5) is 28.3.